The molecule has 0 saturated carbocycles. The van der Waals surface area contributed by atoms with Gasteiger partial charge in [-0.3, -0.25) is 0 Å². The molecule has 0 saturated heterocycles. The van der Waals surface area contributed by atoms with Crippen LogP contribution in [0.4, 0.5) is 4.39 Å². The van der Waals surface area contributed by atoms with Crippen molar-refractivity contribution in [3.8, 4) is 0 Å². The molecule has 0 aliphatic rings. The molecule has 0 heterocycles. The van der Waals surface area contributed by atoms with Crippen molar-refractivity contribution in [2.24, 2.45) is 5.73 Å². The zero-order valence-electron chi connectivity index (χ0n) is 11.5. The van der Waals surface area contributed by atoms with Gasteiger partial charge in [-0.15, -0.1) is 0 Å². The Bertz CT molecular complexity index is 591. The predicted octanol–water partition coefficient (Wildman–Crippen LogP) is 1.75. The first-order valence-electron chi connectivity index (χ1n) is 5.84. The third-order valence-corrected chi connectivity index (χ3v) is 4.66. The zero-order chi connectivity index (χ0) is 15.6. The van der Waals surface area contributed by atoms with Gasteiger partial charge in [0.05, 0.1) is 12.1 Å². The molecule has 0 aliphatic carbocycles. The second kappa shape index (κ2) is 6.48. The van der Waals surface area contributed by atoms with Crippen LogP contribution in [0.3, 0.4) is 0 Å². The molecule has 0 aliphatic heterocycles. The molecule has 20 heavy (non-hydrogen) atoms. The van der Waals surface area contributed by atoms with Crippen molar-refractivity contribution in [3.63, 3.8) is 0 Å². The Morgan fingerprint density at radius 3 is 2.55 bits per heavy atom. The van der Waals surface area contributed by atoms with E-state index in [9.17, 15) is 12.8 Å². The first kappa shape index (κ1) is 17.5. The zero-order valence-corrected chi connectivity index (χ0v) is 13.9. The Morgan fingerprint density at radius 1 is 1.45 bits per heavy atom. The summed E-state index contributed by atoms with van der Waals surface area (Å²) in [6, 6.07) is 2.66. The molecule has 1 aromatic rings. The maximum absolute atomic E-state index is 14.2. The van der Waals surface area contributed by atoms with Gasteiger partial charge >= 0.3 is 0 Å². The number of nitrogens with two attached hydrogens (primary N) is 1. The molecule has 8 heteroatoms. The number of hydrogen-bond acceptors (Lipinski definition) is 4. The normalized spacial score (nSPS) is 12.7. The molecule has 1 aromatic carbocycles. The van der Waals surface area contributed by atoms with E-state index in [4.69, 9.17) is 10.5 Å². The number of rotatable bonds is 6. The van der Waals surface area contributed by atoms with Crippen molar-refractivity contribution in [1.29, 1.82) is 0 Å². The van der Waals surface area contributed by atoms with E-state index in [1.165, 1.54) is 19.2 Å². The Balaban J connectivity index is 3.26. The van der Waals surface area contributed by atoms with Gasteiger partial charge in [0.25, 0.3) is 0 Å². The molecule has 0 spiro atoms. The fraction of sp³-hybridized carbons (Fsp3) is 0.500. The number of nitrogens with one attached hydrogen (secondary N) is 1. The number of ether oxygens (including phenoxy) is 1. The van der Waals surface area contributed by atoms with Crippen LogP contribution in [0.15, 0.2) is 21.5 Å². The summed E-state index contributed by atoms with van der Waals surface area (Å²) < 4.78 is 46.5. The van der Waals surface area contributed by atoms with E-state index in [1.54, 1.807) is 13.8 Å². The molecule has 5 nitrogen and oxygen atoms in total. The van der Waals surface area contributed by atoms with Crippen molar-refractivity contribution in [3.05, 3.63) is 28.0 Å². The van der Waals surface area contributed by atoms with Gasteiger partial charge < -0.3 is 10.5 Å². The summed E-state index contributed by atoms with van der Waals surface area (Å²) in [6.45, 7) is 3.36. The quantitative estimate of drug-likeness (QED) is 0.801. The summed E-state index contributed by atoms with van der Waals surface area (Å²) in [5, 5.41) is 0. The number of benzene rings is 1. The minimum Gasteiger partial charge on any atom is -0.383 e. The van der Waals surface area contributed by atoms with Crippen LogP contribution in [-0.2, 0) is 21.3 Å². The van der Waals surface area contributed by atoms with Gasteiger partial charge in [-0.25, -0.2) is 17.5 Å². The fourth-order valence-electron chi connectivity index (χ4n) is 1.77. The minimum absolute atomic E-state index is 0.0880. The van der Waals surface area contributed by atoms with Gasteiger partial charge in [0.2, 0.25) is 10.0 Å². The van der Waals surface area contributed by atoms with Crippen LogP contribution in [0.25, 0.3) is 0 Å². The Kier molecular flexibility index (Phi) is 5.68. The summed E-state index contributed by atoms with van der Waals surface area (Å²) in [4.78, 5) is -0.434. The Morgan fingerprint density at radius 2 is 2.05 bits per heavy atom. The number of halogens is 2. The topological polar surface area (TPSA) is 81.4 Å². The first-order valence-corrected chi connectivity index (χ1v) is 8.11. The average Bonchev–Trinajstić information content (AvgIpc) is 2.29. The van der Waals surface area contributed by atoms with Crippen LogP contribution < -0.4 is 10.5 Å². The fourth-order valence-corrected chi connectivity index (χ4v) is 3.97. The molecule has 3 N–H and O–H groups in total. The van der Waals surface area contributed by atoms with Crippen LogP contribution in [0.5, 0.6) is 0 Å². The highest BCUT2D eigenvalue weighted by molar-refractivity contribution is 9.10. The second-order valence-corrected chi connectivity index (χ2v) is 7.57. The van der Waals surface area contributed by atoms with Crippen molar-refractivity contribution in [2.75, 3.05) is 13.7 Å². The lowest BCUT2D eigenvalue weighted by Gasteiger charge is -2.25. The van der Waals surface area contributed by atoms with E-state index in [-0.39, 0.29) is 18.7 Å². The smallest absolute Gasteiger partial charge is 0.244 e. The molecule has 1 rings (SSSR count). The molecular formula is C12H18BrFN2O3S. The van der Waals surface area contributed by atoms with Crippen molar-refractivity contribution in [2.45, 2.75) is 30.8 Å². The number of sulfonamides is 1. The molecule has 0 bridgehead atoms. The Labute approximate surface area is 126 Å². The summed E-state index contributed by atoms with van der Waals surface area (Å²) in [5.41, 5.74) is 4.68. The SMILES string of the molecule is COCC(C)(C)NS(=O)(=O)c1cc(Br)cc(CN)c1F. The summed E-state index contributed by atoms with van der Waals surface area (Å²) >= 11 is 3.15. The standard InChI is InChI=1S/C12H18BrFN2O3S/c1-12(2,7-19-3)16-20(17,18)10-5-9(13)4-8(6-15)11(10)14/h4-5,16H,6-7,15H2,1-3H3. The highest BCUT2D eigenvalue weighted by atomic mass is 79.9. The molecule has 0 unspecified atom stereocenters. The lowest BCUT2D eigenvalue weighted by Crippen LogP contribution is -2.46. The lowest BCUT2D eigenvalue weighted by molar-refractivity contribution is 0.141. The van der Waals surface area contributed by atoms with E-state index >= 15 is 0 Å². The molecular weight excluding hydrogens is 351 g/mol. The van der Waals surface area contributed by atoms with Gasteiger partial charge in [-0.05, 0) is 26.0 Å². The van der Waals surface area contributed by atoms with Crippen LogP contribution in [0.2, 0.25) is 0 Å². The van der Waals surface area contributed by atoms with Gasteiger partial charge in [0, 0.05) is 23.7 Å². The van der Waals surface area contributed by atoms with E-state index < -0.39 is 26.3 Å². The van der Waals surface area contributed by atoms with Crippen molar-refractivity contribution in [1.82, 2.24) is 4.72 Å². The number of hydrogen-bond donors (Lipinski definition) is 2. The van der Waals surface area contributed by atoms with E-state index in [0.717, 1.165) is 0 Å². The first-order chi connectivity index (χ1) is 9.13. The molecule has 0 amide bonds. The van der Waals surface area contributed by atoms with E-state index in [0.29, 0.717) is 4.47 Å². The van der Waals surface area contributed by atoms with Gasteiger partial charge in [0.15, 0.2) is 0 Å². The van der Waals surface area contributed by atoms with Crippen molar-refractivity contribution >= 4 is 26.0 Å². The van der Waals surface area contributed by atoms with E-state index in [2.05, 4.69) is 20.7 Å². The maximum atomic E-state index is 14.2. The maximum Gasteiger partial charge on any atom is 0.244 e. The average molecular weight is 369 g/mol. The molecule has 0 atom stereocenters. The van der Waals surface area contributed by atoms with Crippen LogP contribution in [0, 0.1) is 5.82 Å². The third-order valence-electron chi connectivity index (χ3n) is 2.50. The highest BCUT2D eigenvalue weighted by Gasteiger charge is 2.29. The van der Waals surface area contributed by atoms with Gasteiger partial charge in [-0.1, -0.05) is 15.9 Å². The lowest BCUT2D eigenvalue weighted by atomic mass is 10.1. The summed E-state index contributed by atoms with van der Waals surface area (Å²) in [7, 11) is -2.56. The van der Waals surface area contributed by atoms with Crippen molar-refractivity contribution < 1.29 is 17.5 Å². The third kappa shape index (κ3) is 4.23. The van der Waals surface area contributed by atoms with Gasteiger partial charge in [-0.2, -0.15) is 0 Å². The second-order valence-electron chi connectivity index (χ2n) is 5.00. The van der Waals surface area contributed by atoms with Crippen LogP contribution in [-0.4, -0.2) is 27.7 Å². The molecule has 0 radical (unpaired) electrons. The van der Waals surface area contributed by atoms with E-state index in [1.807, 2.05) is 0 Å². The van der Waals surface area contributed by atoms with Crippen LogP contribution >= 0.6 is 15.9 Å². The predicted molar refractivity (Wildman–Crippen MR) is 78.3 cm³/mol. The summed E-state index contributed by atoms with van der Waals surface area (Å²) in [6.07, 6.45) is 0. The molecule has 114 valence electrons. The summed E-state index contributed by atoms with van der Waals surface area (Å²) in [5.74, 6) is -0.837. The van der Waals surface area contributed by atoms with Crippen LogP contribution in [0.1, 0.15) is 19.4 Å². The monoisotopic (exact) mass is 368 g/mol. The minimum atomic E-state index is -4.02. The molecule has 0 fully saturated rings. The largest absolute Gasteiger partial charge is 0.383 e. The highest BCUT2D eigenvalue weighted by Crippen LogP contribution is 2.25. The van der Waals surface area contributed by atoms with Gasteiger partial charge in [0.1, 0.15) is 10.7 Å². The number of methoxy groups -OCH3 is 1. The Hall–Kier alpha value is -0.540. The molecule has 0 aromatic heterocycles.